The fourth-order valence-corrected chi connectivity index (χ4v) is 2.51. The Bertz CT molecular complexity index is 459. The van der Waals surface area contributed by atoms with Gasteiger partial charge in [0.05, 0.1) is 17.4 Å². The molecule has 0 fully saturated rings. The van der Waals surface area contributed by atoms with Crippen LogP contribution in [0, 0.1) is 22.7 Å². The molecule has 0 saturated carbocycles. The fraction of sp³-hybridized carbons (Fsp3) is 0.588. The van der Waals surface area contributed by atoms with Gasteiger partial charge in [-0.05, 0) is 6.42 Å². The summed E-state index contributed by atoms with van der Waals surface area (Å²) < 4.78 is 5.15. The molecule has 23 heavy (non-hydrogen) atoms. The monoisotopic (exact) mass is 335 g/mol. The van der Waals surface area contributed by atoms with Crippen molar-refractivity contribution in [1.29, 1.82) is 10.5 Å². The van der Waals surface area contributed by atoms with Crippen LogP contribution in [0.5, 0.6) is 0 Å². The molecular formula is C17H25N3O2S. The van der Waals surface area contributed by atoms with Gasteiger partial charge >= 0.3 is 5.97 Å². The predicted molar refractivity (Wildman–Crippen MR) is 93.2 cm³/mol. The smallest absolute Gasteiger partial charge is 0.316 e. The Balaban J connectivity index is 4.05. The van der Waals surface area contributed by atoms with Crippen molar-refractivity contribution in [3.05, 3.63) is 23.3 Å². The number of rotatable bonds is 13. The Morgan fingerprint density at radius 2 is 1.87 bits per heavy atom. The zero-order valence-corrected chi connectivity index (χ0v) is 14.6. The molecule has 0 rings (SSSR count). The van der Waals surface area contributed by atoms with E-state index in [1.807, 2.05) is 12.1 Å². The summed E-state index contributed by atoms with van der Waals surface area (Å²) in [6.45, 7) is 6.58. The number of allylic oxidation sites excluding steroid dienone is 1. The third-order valence-electron chi connectivity index (χ3n) is 2.95. The van der Waals surface area contributed by atoms with Gasteiger partial charge in [0, 0.05) is 6.54 Å². The highest BCUT2D eigenvalue weighted by Gasteiger charge is 2.10. The minimum absolute atomic E-state index is 0.0411. The number of hydrogen-bond donors (Lipinski definition) is 1. The lowest BCUT2D eigenvalue weighted by molar-refractivity contribution is -0.140. The van der Waals surface area contributed by atoms with E-state index in [1.54, 1.807) is 6.08 Å². The van der Waals surface area contributed by atoms with E-state index in [9.17, 15) is 4.79 Å². The van der Waals surface area contributed by atoms with Gasteiger partial charge in [-0.15, -0.1) is 6.58 Å². The Morgan fingerprint density at radius 1 is 1.22 bits per heavy atom. The number of thioether (sulfide) groups is 1. The second-order valence-corrected chi connectivity index (χ2v) is 5.86. The summed E-state index contributed by atoms with van der Waals surface area (Å²) in [5.74, 6) is -0.265. The number of esters is 1. The van der Waals surface area contributed by atoms with Crippen molar-refractivity contribution in [3.8, 4) is 12.1 Å². The van der Waals surface area contributed by atoms with Crippen LogP contribution in [0.4, 0.5) is 0 Å². The molecule has 0 aromatic carbocycles. The number of unbranched alkanes of at least 4 members (excludes halogenated alkanes) is 5. The number of carbonyl (C=O) groups is 1. The van der Waals surface area contributed by atoms with Crippen LogP contribution >= 0.6 is 11.8 Å². The quantitative estimate of drug-likeness (QED) is 0.239. The molecule has 0 radical (unpaired) electrons. The first-order chi connectivity index (χ1) is 11.2. The van der Waals surface area contributed by atoms with Crippen LogP contribution in [-0.2, 0) is 9.53 Å². The molecule has 0 aliphatic rings. The highest BCUT2D eigenvalue weighted by molar-refractivity contribution is 8.03. The summed E-state index contributed by atoms with van der Waals surface area (Å²) in [5.41, 5.74) is -0.0411. The predicted octanol–water partition coefficient (Wildman–Crippen LogP) is 3.66. The molecule has 0 aliphatic carbocycles. The van der Waals surface area contributed by atoms with Gasteiger partial charge in [0.25, 0.3) is 0 Å². The normalized spacial score (nSPS) is 9.35. The highest BCUT2D eigenvalue weighted by atomic mass is 32.2. The molecule has 0 bridgehead atoms. The van der Waals surface area contributed by atoms with Crippen molar-refractivity contribution in [2.75, 3.05) is 18.9 Å². The van der Waals surface area contributed by atoms with E-state index >= 15 is 0 Å². The molecule has 0 amide bonds. The summed E-state index contributed by atoms with van der Waals surface area (Å²) >= 11 is 1.10. The number of nitrogens with zero attached hydrogens (tertiary/aromatic N) is 2. The summed E-state index contributed by atoms with van der Waals surface area (Å²) in [4.78, 5) is 11.7. The van der Waals surface area contributed by atoms with Crippen molar-refractivity contribution in [2.24, 2.45) is 0 Å². The molecule has 0 heterocycles. The average Bonchev–Trinajstić information content (AvgIpc) is 2.56. The summed E-state index contributed by atoms with van der Waals surface area (Å²) in [6.07, 6.45) is 8.43. The van der Waals surface area contributed by atoms with E-state index in [1.165, 1.54) is 25.7 Å². The van der Waals surface area contributed by atoms with Gasteiger partial charge in [-0.2, -0.15) is 10.5 Å². The fourth-order valence-electron chi connectivity index (χ4n) is 1.74. The Hall–Kier alpha value is -1.92. The molecule has 126 valence electrons. The second kappa shape index (κ2) is 15.0. The lowest BCUT2D eigenvalue weighted by Gasteiger charge is -2.09. The van der Waals surface area contributed by atoms with Gasteiger partial charge in [-0.25, -0.2) is 0 Å². The molecule has 6 heteroatoms. The molecule has 0 unspecified atom stereocenters. The first-order valence-electron chi connectivity index (χ1n) is 7.87. The van der Waals surface area contributed by atoms with E-state index in [4.69, 9.17) is 15.3 Å². The van der Waals surface area contributed by atoms with Gasteiger partial charge in [0.1, 0.15) is 12.1 Å². The van der Waals surface area contributed by atoms with Crippen LogP contribution in [0.25, 0.3) is 0 Å². The molecule has 0 aromatic rings. The largest absolute Gasteiger partial charge is 0.465 e. The van der Waals surface area contributed by atoms with Crippen LogP contribution in [0.3, 0.4) is 0 Å². The third kappa shape index (κ3) is 11.3. The minimum Gasteiger partial charge on any atom is -0.465 e. The molecule has 0 saturated heterocycles. The van der Waals surface area contributed by atoms with Crippen molar-refractivity contribution in [1.82, 2.24) is 5.32 Å². The summed E-state index contributed by atoms with van der Waals surface area (Å²) in [7, 11) is 0. The van der Waals surface area contributed by atoms with E-state index in [-0.39, 0.29) is 17.3 Å². The molecule has 0 atom stereocenters. The zero-order valence-electron chi connectivity index (χ0n) is 13.8. The molecule has 1 N–H and O–H groups in total. The maximum absolute atomic E-state index is 11.7. The molecule has 5 nitrogen and oxygen atoms in total. The standard InChI is InChI=1S/C17H25N3O2S/c1-3-5-6-7-8-9-11-22-16(21)14-23-17(20-10-4-2)15(12-18)13-19/h4,20H,2-3,5-11,14H2,1H3. The number of ether oxygens (including phenoxy) is 1. The highest BCUT2D eigenvalue weighted by Crippen LogP contribution is 2.17. The Morgan fingerprint density at radius 3 is 2.48 bits per heavy atom. The lowest BCUT2D eigenvalue weighted by atomic mass is 10.1. The average molecular weight is 335 g/mol. The molecule has 0 aromatic heterocycles. The van der Waals surface area contributed by atoms with Crippen LogP contribution in [-0.4, -0.2) is 24.9 Å². The SMILES string of the molecule is C=CCNC(SCC(=O)OCCCCCCCC)=C(C#N)C#N. The number of carbonyl (C=O) groups excluding carboxylic acids is 1. The topological polar surface area (TPSA) is 85.9 Å². The van der Waals surface area contributed by atoms with Gasteiger partial charge in [-0.1, -0.05) is 56.9 Å². The van der Waals surface area contributed by atoms with Crippen molar-refractivity contribution >= 4 is 17.7 Å². The number of nitriles is 2. The maximum Gasteiger partial charge on any atom is 0.316 e. The van der Waals surface area contributed by atoms with E-state index in [0.29, 0.717) is 18.2 Å². The second-order valence-electron chi connectivity index (χ2n) is 4.87. The third-order valence-corrected chi connectivity index (χ3v) is 3.97. The van der Waals surface area contributed by atoms with Gasteiger partial charge in [0.2, 0.25) is 0 Å². The van der Waals surface area contributed by atoms with Crippen LogP contribution in [0.15, 0.2) is 23.3 Å². The summed E-state index contributed by atoms with van der Waals surface area (Å²) in [5, 5.41) is 21.1. The van der Waals surface area contributed by atoms with Gasteiger partial charge < -0.3 is 10.1 Å². The molecule has 0 spiro atoms. The van der Waals surface area contributed by atoms with Gasteiger partial charge in [0.15, 0.2) is 5.57 Å². The summed E-state index contributed by atoms with van der Waals surface area (Å²) in [6, 6.07) is 3.62. The van der Waals surface area contributed by atoms with E-state index in [0.717, 1.165) is 24.6 Å². The first-order valence-corrected chi connectivity index (χ1v) is 8.85. The van der Waals surface area contributed by atoms with Crippen molar-refractivity contribution in [2.45, 2.75) is 45.4 Å². The molecular weight excluding hydrogens is 310 g/mol. The number of hydrogen-bond acceptors (Lipinski definition) is 6. The van der Waals surface area contributed by atoms with E-state index in [2.05, 4.69) is 18.8 Å². The van der Waals surface area contributed by atoms with Gasteiger partial charge in [-0.3, -0.25) is 4.79 Å². The van der Waals surface area contributed by atoms with Crippen LogP contribution in [0.2, 0.25) is 0 Å². The van der Waals surface area contributed by atoms with Crippen LogP contribution < -0.4 is 5.32 Å². The first kappa shape index (κ1) is 21.1. The Labute approximate surface area is 143 Å². The van der Waals surface area contributed by atoms with Crippen molar-refractivity contribution in [3.63, 3.8) is 0 Å². The minimum atomic E-state index is -0.336. The number of nitrogens with one attached hydrogen (secondary N) is 1. The molecule has 0 aliphatic heterocycles. The van der Waals surface area contributed by atoms with Crippen molar-refractivity contribution < 1.29 is 9.53 Å². The lowest BCUT2D eigenvalue weighted by Crippen LogP contribution is -2.15. The van der Waals surface area contributed by atoms with E-state index < -0.39 is 0 Å². The van der Waals surface area contributed by atoms with Crippen LogP contribution in [0.1, 0.15) is 45.4 Å². The zero-order chi connectivity index (χ0) is 17.3. The maximum atomic E-state index is 11.7. The Kier molecular flexibility index (Phi) is 13.7.